The smallest absolute Gasteiger partial charge is 0.303 e. The highest BCUT2D eigenvalue weighted by molar-refractivity contribution is 5.66. The Morgan fingerprint density at radius 3 is 2.89 bits per heavy atom. The van der Waals surface area contributed by atoms with Gasteiger partial charge in [-0.1, -0.05) is 24.3 Å². The summed E-state index contributed by atoms with van der Waals surface area (Å²) in [5.74, 6) is -0.132. The predicted molar refractivity (Wildman–Crippen MR) is 76.1 cm³/mol. The first-order chi connectivity index (χ1) is 9.08. The number of hydrogen-bond acceptors (Lipinski definition) is 2. The zero-order valence-electron chi connectivity index (χ0n) is 11.8. The Hall–Kier alpha value is -1.35. The summed E-state index contributed by atoms with van der Waals surface area (Å²) in [4.78, 5) is 13.1. The molecule has 0 radical (unpaired) electrons. The number of benzene rings is 1. The Labute approximate surface area is 115 Å². The van der Waals surface area contributed by atoms with E-state index in [4.69, 9.17) is 5.11 Å². The lowest BCUT2D eigenvalue weighted by Gasteiger charge is -2.26. The van der Waals surface area contributed by atoms with Crippen molar-refractivity contribution in [1.82, 2.24) is 4.90 Å². The molecule has 2 atom stereocenters. The molecule has 3 nitrogen and oxygen atoms in total. The van der Waals surface area contributed by atoms with Gasteiger partial charge in [0.05, 0.1) is 0 Å². The van der Waals surface area contributed by atoms with E-state index in [-0.39, 0.29) is 0 Å². The van der Waals surface area contributed by atoms with Gasteiger partial charge in [-0.05, 0) is 50.3 Å². The highest BCUT2D eigenvalue weighted by Gasteiger charge is 2.27. The van der Waals surface area contributed by atoms with E-state index in [2.05, 4.69) is 43.0 Å². The number of aryl methyl sites for hydroxylation is 1. The van der Waals surface area contributed by atoms with Crippen LogP contribution in [0.25, 0.3) is 0 Å². The first-order valence-electron chi connectivity index (χ1n) is 7.09. The van der Waals surface area contributed by atoms with Crippen LogP contribution in [-0.4, -0.2) is 29.1 Å². The molecule has 0 saturated carbocycles. The Bertz CT molecular complexity index is 444. The first-order valence-corrected chi connectivity index (χ1v) is 7.09. The fourth-order valence-electron chi connectivity index (χ4n) is 3.03. The molecule has 1 aliphatic rings. The molecule has 1 saturated heterocycles. The maximum Gasteiger partial charge on any atom is 0.303 e. The maximum atomic E-state index is 10.6. The molecule has 2 unspecified atom stereocenters. The van der Waals surface area contributed by atoms with E-state index in [9.17, 15) is 4.79 Å². The quantitative estimate of drug-likeness (QED) is 0.884. The van der Waals surface area contributed by atoms with E-state index < -0.39 is 5.97 Å². The van der Waals surface area contributed by atoms with E-state index in [1.165, 1.54) is 11.1 Å². The number of carbonyl (C=O) groups is 1. The molecule has 19 heavy (non-hydrogen) atoms. The molecule has 3 heteroatoms. The third kappa shape index (κ3) is 3.57. The molecule has 2 rings (SSSR count). The van der Waals surface area contributed by atoms with Crippen molar-refractivity contribution >= 4 is 5.97 Å². The van der Waals surface area contributed by atoms with Gasteiger partial charge >= 0.3 is 5.97 Å². The van der Waals surface area contributed by atoms with Crippen molar-refractivity contribution in [1.29, 1.82) is 0 Å². The number of nitrogens with zero attached hydrogens (tertiary/aromatic N) is 1. The normalized spacial score (nSPS) is 21.5. The molecular weight excluding hydrogens is 238 g/mol. The predicted octanol–water partition coefficient (Wildman–Crippen LogP) is 3.24. The molecule has 0 aromatic heterocycles. The summed E-state index contributed by atoms with van der Waals surface area (Å²) in [6.07, 6.45) is 2.24. The topological polar surface area (TPSA) is 40.5 Å². The van der Waals surface area contributed by atoms with Crippen molar-refractivity contribution in [3.63, 3.8) is 0 Å². The van der Waals surface area contributed by atoms with Crippen molar-refractivity contribution in [3.05, 3.63) is 35.4 Å². The lowest BCUT2D eigenvalue weighted by atomic mass is 10.0. The molecule has 0 aliphatic carbocycles. The van der Waals surface area contributed by atoms with Gasteiger partial charge in [0.2, 0.25) is 0 Å². The minimum atomic E-state index is -0.676. The van der Waals surface area contributed by atoms with Gasteiger partial charge in [-0.15, -0.1) is 0 Å². The fourth-order valence-corrected chi connectivity index (χ4v) is 3.03. The van der Waals surface area contributed by atoms with Crippen molar-refractivity contribution in [3.8, 4) is 0 Å². The van der Waals surface area contributed by atoms with Gasteiger partial charge in [-0.25, -0.2) is 0 Å². The van der Waals surface area contributed by atoms with E-state index in [1.807, 2.05) is 0 Å². The standard InChI is InChI=1S/C16H23NO2/c1-12-5-3-4-6-15(12)13(2)17-10-9-14(11-17)7-8-16(18)19/h3-6,13-14H,7-11H2,1-2H3,(H,18,19). The molecular formula is C16H23NO2. The molecule has 1 fully saturated rings. The Morgan fingerprint density at radius 2 is 2.21 bits per heavy atom. The van der Waals surface area contributed by atoms with Gasteiger partial charge in [-0.2, -0.15) is 0 Å². The van der Waals surface area contributed by atoms with Gasteiger partial charge in [-0.3, -0.25) is 9.69 Å². The van der Waals surface area contributed by atoms with Crippen LogP contribution in [0.5, 0.6) is 0 Å². The van der Waals surface area contributed by atoms with Gasteiger partial charge in [0.1, 0.15) is 0 Å². The third-order valence-electron chi connectivity index (χ3n) is 4.27. The summed E-state index contributed by atoms with van der Waals surface area (Å²) < 4.78 is 0. The van der Waals surface area contributed by atoms with Crippen LogP contribution in [0.2, 0.25) is 0 Å². The molecule has 1 aromatic rings. The van der Waals surface area contributed by atoms with Crippen LogP contribution >= 0.6 is 0 Å². The van der Waals surface area contributed by atoms with Crippen molar-refractivity contribution in [2.75, 3.05) is 13.1 Å². The summed E-state index contributed by atoms with van der Waals surface area (Å²) >= 11 is 0. The first kappa shape index (κ1) is 14.1. The van der Waals surface area contributed by atoms with Crippen LogP contribution in [0, 0.1) is 12.8 Å². The average Bonchev–Trinajstić information content (AvgIpc) is 2.85. The second-order valence-electron chi connectivity index (χ2n) is 5.61. The minimum Gasteiger partial charge on any atom is -0.481 e. The van der Waals surface area contributed by atoms with Gasteiger partial charge in [0.15, 0.2) is 0 Å². The highest BCUT2D eigenvalue weighted by atomic mass is 16.4. The number of hydrogen-bond donors (Lipinski definition) is 1. The van der Waals surface area contributed by atoms with Crippen LogP contribution in [0.1, 0.15) is 43.4 Å². The summed E-state index contributed by atoms with van der Waals surface area (Å²) in [6, 6.07) is 8.95. The fraction of sp³-hybridized carbons (Fsp3) is 0.562. The van der Waals surface area contributed by atoms with Gasteiger partial charge in [0, 0.05) is 19.0 Å². The number of carboxylic acid groups (broad SMARTS) is 1. The maximum absolute atomic E-state index is 10.6. The number of aliphatic carboxylic acids is 1. The second-order valence-corrected chi connectivity index (χ2v) is 5.61. The van der Waals surface area contributed by atoms with Gasteiger partial charge in [0.25, 0.3) is 0 Å². The zero-order valence-corrected chi connectivity index (χ0v) is 11.8. The largest absolute Gasteiger partial charge is 0.481 e. The van der Waals surface area contributed by atoms with E-state index >= 15 is 0 Å². The monoisotopic (exact) mass is 261 g/mol. The average molecular weight is 261 g/mol. The lowest BCUT2D eigenvalue weighted by molar-refractivity contribution is -0.137. The minimum absolute atomic E-state index is 0.303. The third-order valence-corrected chi connectivity index (χ3v) is 4.27. The summed E-state index contributed by atoms with van der Waals surface area (Å²) in [5.41, 5.74) is 2.73. The highest BCUT2D eigenvalue weighted by Crippen LogP contribution is 2.30. The Balaban J connectivity index is 1.93. The van der Waals surface area contributed by atoms with Gasteiger partial charge < -0.3 is 5.11 Å². The number of rotatable bonds is 5. The van der Waals surface area contributed by atoms with Crippen molar-refractivity contribution < 1.29 is 9.90 Å². The van der Waals surface area contributed by atoms with Crippen LogP contribution in [0.3, 0.4) is 0 Å². The van der Waals surface area contributed by atoms with Crippen molar-refractivity contribution in [2.24, 2.45) is 5.92 Å². The SMILES string of the molecule is Cc1ccccc1C(C)N1CCC(CCC(=O)O)C1. The second kappa shape index (κ2) is 6.20. The summed E-state index contributed by atoms with van der Waals surface area (Å²) in [6.45, 7) is 6.52. The van der Waals surface area contributed by atoms with Crippen LogP contribution in [-0.2, 0) is 4.79 Å². The van der Waals surface area contributed by atoms with E-state index in [0.717, 1.165) is 25.9 Å². The van der Waals surface area contributed by atoms with E-state index in [0.29, 0.717) is 18.4 Å². The molecule has 104 valence electrons. The molecule has 1 heterocycles. The van der Waals surface area contributed by atoms with E-state index in [1.54, 1.807) is 0 Å². The number of carboxylic acids is 1. The Morgan fingerprint density at radius 1 is 1.47 bits per heavy atom. The molecule has 0 amide bonds. The zero-order chi connectivity index (χ0) is 13.8. The molecule has 1 aromatic carbocycles. The summed E-state index contributed by atoms with van der Waals surface area (Å²) in [7, 11) is 0. The van der Waals surface area contributed by atoms with Crippen LogP contribution in [0.4, 0.5) is 0 Å². The van der Waals surface area contributed by atoms with Crippen LogP contribution in [0.15, 0.2) is 24.3 Å². The number of likely N-dealkylation sites (tertiary alicyclic amines) is 1. The summed E-state index contributed by atoms with van der Waals surface area (Å²) in [5, 5.41) is 8.75. The molecule has 0 bridgehead atoms. The van der Waals surface area contributed by atoms with Crippen molar-refractivity contribution in [2.45, 2.75) is 39.2 Å². The molecule has 1 aliphatic heterocycles. The Kier molecular flexibility index (Phi) is 4.59. The molecule has 1 N–H and O–H groups in total. The van der Waals surface area contributed by atoms with Crippen LogP contribution < -0.4 is 0 Å². The lowest BCUT2D eigenvalue weighted by Crippen LogP contribution is -2.25. The molecule has 0 spiro atoms.